The molecular formula is C11H17FN2O3S. The fourth-order valence-corrected chi connectivity index (χ4v) is 2.30. The van der Waals surface area contributed by atoms with Gasteiger partial charge in [-0.3, -0.25) is 4.72 Å². The Labute approximate surface area is 106 Å². The summed E-state index contributed by atoms with van der Waals surface area (Å²) in [5.41, 5.74) is 0.625. The van der Waals surface area contributed by atoms with E-state index in [0.29, 0.717) is 12.0 Å². The van der Waals surface area contributed by atoms with E-state index in [1.54, 1.807) is 13.0 Å². The van der Waals surface area contributed by atoms with Crippen molar-refractivity contribution in [1.82, 2.24) is 4.31 Å². The highest BCUT2D eigenvalue weighted by molar-refractivity contribution is 7.90. The topological polar surface area (TPSA) is 69.6 Å². The van der Waals surface area contributed by atoms with Gasteiger partial charge in [0, 0.05) is 20.2 Å². The molecule has 1 rings (SSSR count). The molecule has 1 aromatic rings. The van der Waals surface area contributed by atoms with Crippen LogP contribution in [-0.4, -0.2) is 38.0 Å². The number of nitrogens with zero attached hydrogens (tertiary/aromatic N) is 1. The summed E-state index contributed by atoms with van der Waals surface area (Å²) in [4.78, 5) is 0. The van der Waals surface area contributed by atoms with E-state index in [9.17, 15) is 12.8 Å². The van der Waals surface area contributed by atoms with E-state index in [0.717, 1.165) is 4.31 Å². The van der Waals surface area contributed by atoms with Gasteiger partial charge >= 0.3 is 10.2 Å². The van der Waals surface area contributed by atoms with Crippen LogP contribution in [0.5, 0.6) is 0 Å². The number of aliphatic hydroxyl groups is 1. The Morgan fingerprint density at radius 2 is 2.11 bits per heavy atom. The molecule has 0 aliphatic heterocycles. The summed E-state index contributed by atoms with van der Waals surface area (Å²) in [6.45, 7) is 1.78. The third-order valence-corrected chi connectivity index (χ3v) is 3.89. The molecule has 102 valence electrons. The van der Waals surface area contributed by atoms with Gasteiger partial charge in [0.2, 0.25) is 0 Å². The second-order valence-corrected chi connectivity index (χ2v) is 5.77. The van der Waals surface area contributed by atoms with Gasteiger partial charge in [-0.1, -0.05) is 6.07 Å². The molecule has 0 fully saturated rings. The zero-order valence-corrected chi connectivity index (χ0v) is 11.2. The van der Waals surface area contributed by atoms with E-state index >= 15 is 0 Å². The lowest BCUT2D eigenvalue weighted by atomic mass is 10.2. The largest absolute Gasteiger partial charge is 0.396 e. The second kappa shape index (κ2) is 6.12. The first-order chi connectivity index (χ1) is 8.36. The van der Waals surface area contributed by atoms with Crippen LogP contribution < -0.4 is 4.72 Å². The molecule has 7 heteroatoms. The first-order valence-corrected chi connectivity index (χ1v) is 6.92. The second-order valence-electron chi connectivity index (χ2n) is 3.99. The van der Waals surface area contributed by atoms with Gasteiger partial charge in [-0.15, -0.1) is 0 Å². The van der Waals surface area contributed by atoms with Crippen LogP contribution in [0.15, 0.2) is 18.2 Å². The molecule has 0 spiro atoms. The molecule has 0 saturated heterocycles. The van der Waals surface area contributed by atoms with Crippen LogP contribution in [0.2, 0.25) is 0 Å². The molecule has 0 heterocycles. The Hall–Kier alpha value is -1.18. The molecule has 0 bridgehead atoms. The maximum Gasteiger partial charge on any atom is 0.301 e. The van der Waals surface area contributed by atoms with Crippen molar-refractivity contribution in [2.75, 3.05) is 24.9 Å². The Bertz CT molecular complexity index is 505. The fraction of sp³-hybridized carbons (Fsp3) is 0.455. The van der Waals surface area contributed by atoms with Crippen molar-refractivity contribution in [3.8, 4) is 0 Å². The van der Waals surface area contributed by atoms with E-state index in [1.165, 1.54) is 19.2 Å². The average Bonchev–Trinajstić information content (AvgIpc) is 2.29. The third kappa shape index (κ3) is 3.94. The molecule has 0 aliphatic rings. The monoisotopic (exact) mass is 276 g/mol. The maximum atomic E-state index is 13.5. The van der Waals surface area contributed by atoms with Crippen molar-refractivity contribution in [1.29, 1.82) is 0 Å². The van der Waals surface area contributed by atoms with Crippen LogP contribution in [0, 0.1) is 12.7 Å². The normalized spacial score (nSPS) is 11.8. The summed E-state index contributed by atoms with van der Waals surface area (Å²) in [7, 11) is -2.42. The van der Waals surface area contributed by atoms with Crippen LogP contribution >= 0.6 is 0 Å². The number of hydrogen-bond acceptors (Lipinski definition) is 3. The minimum atomic E-state index is -3.79. The van der Waals surface area contributed by atoms with E-state index in [-0.39, 0.29) is 18.8 Å². The minimum Gasteiger partial charge on any atom is -0.396 e. The molecule has 18 heavy (non-hydrogen) atoms. The zero-order valence-electron chi connectivity index (χ0n) is 10.4. The number of nitrogens with one attached hydrogen (secondary N) is 1. The summed E-state index contributed by atoms with van der Waals surface area (Å²) in [5, 5.41) is 8.64. The predicted molar refractivity (Wildman–Crippen MR) is 68.0 cm³/mol. The molecule has 0 aromatic heterocycles. The van der Waals surface area contributed by atoms with Gasteiger partial charge in [-0.05, 0) is 31.0 Å². The minimum absolute atomic E-state index is 0.0866. The zero-order chi connectivity index (χ0) is 13.8. The van der Waals surface area contributed by atoms with E-state index < -0.39 is 16.0 Å². The molecule has 0 atom stereocenters. The summed E-state index contributed by atoms with van der Waals surface area (Å²) in [5.74, 6) is -0.617. The van der Waals surface area contributed by atoms with Gasteiger partial charge in [0.25, 0.3) is 0 Å². The Kier molecular flexibility index (Phi) is 5.06. The van der Waals surface area contributed by atoms with Gasteiger partial charge in [0.05, 0.1) is 5.69 Å². The van der Waals surface area contributed by atoms with Crippen molar-refractivity contribution in [3.63, 3.8) is 0 Å². The van der Waals surface area contributed by atoms with Crippen LogP contribution in [0.1, 0.15) is 12.0 Å². The number of rotatable bonds is 6. The van der Waals surface area contributed by atoms with Crippen LogP contribution in [0.3, 0.4) is 0 Å². The highest BCUT2D eigenvalue weighted by atomic mass is 32.2. The number of aliphatic hydroxyl groups excluding tert-OH is 1. The number of aryl methyl sites for hydroxylation is 1. The summed E-state index contributed by atoms with van der Waals surface area (Å²) in [6.07, 6.45) is 0.327. The molecular weight excluding hydrogens is 259 g/mol. The molecule has 0 saturated carbocycles. The van der Waals surface area contributed by atoms with Crippen LogP contribution in [0.25, 0.3) is 0 Å². The lowest BCUT2D eigenvalue weighted by Crippen LogP contribution is -2.33. The third-order valence-electron chi connectivity index (χ3n) is 2.40. The first kappa shape index (κ1) is 14.9. The van der Waals surface area contributed by atoms with Crippen molar-refractivity contribution in [2.45, 2.75) is 13.3 Å². The van der Waals surface area contributed by atoms with Gasteiger partial charge < -0.3 is 5.11 Å². The van der Waals surface area contributed by atoms with E-state index in [1.807, 2.05) is 0 Å². The first-order valence-electron chi connectivity index (χ1n) is 5.48. The van der Waals surface area contributed by atoms with E-state index in [4.69, 9.17) is 5.11 Å². The smallest absolute Gasteiger partial charge is 0.301 e. The van der Waals surface area contributed by atoms with Gasteiger partial charge in [-0.25, -0.2) is 4.39 Å². The maximum absolute atomic E-state index is 13.5. The highest BCUT2D eigenvalue weighted by Crippen LogP contribution is 2.17. The molecule has 0 aliphatic carbocycles. The summed E-state index contributed by atoms with van der Waals surface area (Å²) >= 11 is 0. The summed E-state index contributed by atoms with van der Waals surface area (Å²) < 4.78 is 40.3. The van der Waals surface area contributed by atoms with Gasteiger partial charge in [-0.2, -0.15) is 12.7 Å². The van der Waals surface area contributed by atoms with Crippen LogP contribution in [0.4, 0.5) is 10.1 Å². The van der Waals surface area contributed by atoms with E-state index in [2.05, 4.69) is 4.72 Å². The molecule has 1 aromatic carbocycles. The molecule has 0 radical (unpaired) electrons. The Morgan fingerprint density at radius 1 is 1.44 bits per heavy atom. The van der Waals surface area contributed by atoms with Gasteiger partial charge in [0.1, 0.15) is 5.82 Å². The van der Waals surface area contributed by atoms with Crippen molar-refractivity contribution in [3.05, 3.63) is 29.6 Å². The molecule has 2 N–H and O–H groups in total. The number of hydrogen-bond donors (Lipinski definition) is 2. The SMILES string of the molecule is Cc1ccc(NS(=O)(=O)N(C)CCCO)c(F)c1. The molecule has 0 unspecified atom stereocenters. The Balaban J connectivity index is 2.82. The average molecular weight is 276 g/mol. The lowest BCUT2D eigenvalue weighted by molar-refractivity contribution is 0.276. The fourth-order valence-electron chi connectivity index (χ4n) is 1.33. The number of benzene rings is 1. The highest BCUT2D eigenvalue weighted by Gasteiger charge is 2.18. The lowest BCUT2D eigenvalue weighted by Gasteiger charge is -2.18. The van der Waals surface area contributed by atoms with Crippen molar-refractivity contribution >= 4 is 15.9 Å². The van der Waals surface area contributed by atoms with Crippen LogP contribution in [-0.2, 0) is 10.2 Å². The van der Waals surface area contributed by atoms with Crippen molar-refractivity contribution in [2.24, 2.45) is 0 Å². The quantitative estimate of drug-likeness (QED) is 0.817. The summed E-state index contributed by atoms with van der Waals surface area (Å²) in [6, 6.07) is 4.25. The number of halogens is 1. The number of anilines is 1. The van der Waals surface area contributed by atoms with Crippen molar-refractivity contribution < 1.29 is 17.9 Å². The molecule has 0 amide bonds. The molecule has 5 nitrogen and oxygen atoms in total. The Morgan fingerprint density at radius 3 is 2.67 bits per heavy atom. The standard InChI is InChI=1S/C11H17FN2O3S/c1-9-4-5-11(10(12)8-9)13-18(16,17)14(2)6-3-7-15/h4-5,8,13,15H,3,6-7H2,1-2H3. The van der Waals surface area contributed by atoms with Gasteiger partial charge in [0.15, 0.2) is 0 Å². The predicted octanol–water partition coefficient (Wildman–Crippen LogP) is 1.11.